The van der Waals surface area contributed by atoms with E-state index in [1.807, 2.05) is 0 Å². The molecule has 1 rings (SSSR count). The Morgan fingerprint density at radius 3 is 2.55 bits per heavy atom. The van der Waals surface area contributed by atoms with E-state index < -0.39 is 21.4 Å². The van der Waals surface area contributed by atoms with Crippen LogP contribution in [0.25, 0.3) is 0 Å². The van der Waals surface area contributed by atoms with Gasteiger partial charge < -0.3 is 10.0 Å². The summed E-state index contributed by atoms with van der Waals surface area (Å²) in [6.45, 7) is 3.28. The van der Waals surface area contributed by atoms with Crippen LogP contribution in [0.15, 0.2) is 23.1 Å². The quantitative estimate of drug-likeness (QED) is 0.813. The molecular weight excluding hydrogens is 283 g/mol. The smallest absolute Gasteiger partial charge is 0.241 e. The molecule has 0 aliphatic carbocycles. The van der Waals surface area contributed by atoms with Gasteiger partial charge in [-0.15, -0.1) is 0 Å². The molecular formula is C13H21FN2O3S. The third-order valence-corrected chi connectivity index (χ3v) is 4.28. The molecule has 1 aromatic carbocycles. The number of hydrogen-bond acceptors (Lipinski definition) is 4. The second-order valence-electron chi connectivity index (χ2n) is 5.47. The van der Waals surface area contributed by atoms with Gasteiger partial charge in [0, 0.05) is 13.1 Å². The van der Waals surface area contributed by atoms with Gasteiger partial charge in [0.15, 0.2) is 0 Å². The highest BCUT2D eigenvalue weighted by molar-refractivity contribution is 7.89. The van der Waals surface area contributed by atoms with Gasteiger partial charge in [-0.25, -0.2) is 17.5 Å². The minimum absolute atomic E-state index is 0.113. The topological polar surface area (TPSA) is 69.6 Å². The summed E-state index contributed by atoms with van der Waals surface area (Å²) in [6, 6.07) is 3.58. The second kappa shape index (κ2) is 6.17. The molecule has 1 unspecified atom stereocenters. The maximum absolute atomic E-state index is 13.2. The van der Waals surface area contributed by atoms with Crippen LogP contribution in [0.2, 0.25) is 0 Å². The largest absolute Gasteiger partial charge is 0.387 e. The number of aliphatic hydroxyl groups is 1. The minimum atomic E-state index is -3.85. The summed E-state index contributed by atoms with van der Waals surface area (Å²) in [4.78, 5) is 1.64. The zero-order valence-electron chi connectivity index (χ0n) is 12.1. The first-order chi connectivity index (χ1) is 9.03. The van der Waals surface area contributed by atoms with Crippen molar-refractivity contribution < 1.29 is 17.9 Å². The second-order valence-corrected chi connectivity index (χ2v) is 7.20. The average Bonchev–Trinajstić information content (AvgIpc) is 2.28. The van der Waals surface area contributed by atoms with Crippen molar-refractivity contribution in [3.8, 4) is 0 Å². The van der Waals surface area contributed by atoms with Crippen LogP contribution >= 0.6 is 0 Å². The molecule has 0 saturated carbocycles. The van der Waals surface area contributed by atoms with Crippen molar-refractivity contribution in [3.05, 3.63) is 29.6 Å². The molecule has 0 bridgehead atoms. The van der Waals surface area contributed by atoms with Gasteiger partial charge in [-0.05, 0) is 45.6 Å². The van der Waals surface area contributed by atoms with Gasteiger partial charge in [-0.1, -0.05) is 6.07 Å². The number of aryl methyl sites for hydroxylation is 1. The molecule has 0 fully saturated rings. The van der Waals surface area contributed by atoms with Crippen LogP contribution < -0.4 is 4.72 Å². The van der Waals surface area contributed by atoms with Crippen LogP contribution in [-0.4, -0.2) is 51.2 Å². The lowest BCUT2D eigenvalue weighted by molar-refractivity contribution is 0.0386. The van der Waals surface area contributed by atoms with E-state index in [1.165, 1.54) is 19.1 Å². The summed E-state index contributed by atoms with van der Waals surface area (Å²) in [5.74, 6) is -0.615. The van der Waals surface area contributed by atoms with Gasteiger partial charge >= 0.3 is 0 Å². The highest BCUT2D eigenvalue weighted by Gasteiger charge is 2.25. The molecule has 0 aromatic heterocycles. The van der Waals surface area contributed by atoms with Crippen molar-refractivity contribution in [3.63, 3.8) is 0 Å². The van der Waals surface area contributed by atoms with E-state index >= 15 is 0 Å². The zero-order valence-corrected chi connectivity index (χ0v) is 13.0. The summed E-state index contributed by atoms with van der Waals surface area (Å²) < 4.78 is 39.8. The fraction of sp³-hybridized carbons (Fsp3) is 0.538. The molecule has 5 nitrogen and oxygen atoms in total. The van der Waals surface area contributed by atoms with Crippen molar-refractivity contribution in [2.75, 3.05) is 27.2 Å². The number of rotatable bonds is 6. The Kier molecular flexibility index (Phi) is 5.26. The molecule has 1 atom stereocenters. The van der Waals surface area contributed by atoms with E-state index in [9.17, 15) is 17.9 Å². The van der Waals surface area contributed by atoms with Crippen LogP contribution in [0.1, 0.15) is 12.5 Å². The maximum Gasteiger partial charge on any atom is 0.241 e. The first-order valence-corrected chi connectivity index (χ1v) is 7.65. The maximum atomic E-state index is 13.2. The summed E-state index contributed by atoms with van der Waals surface area (Å²) in [6.07, 6.45) is 0. The highest BCUT2D eigenvalue weighted by Crippen LogP contribution is 2.16. The van der Waals surface area contributed by atoms with E-state index in [0.29, 0.717) is 12.1 Å². The number of hydrogen-bond donors (Lipinski definition) is 2. The zero-order chi connectivity index (χ0) is 15.6. The van der Waals surface area contributed by atoms with Gasteiger partial charge in [0.2, 0.25) is 10.0 Å². The number of nitrogens with one attached hydrogen (secondary N) is 1. The number of benzene rings is 1. The molecule has 20 heavy (non-hydrogen) atoms. The number of nitrogens with zero attached hydrogens (tertiary/aromatic N) is 1. The first kappa shape index (κ1) is 17.0. The lowest BCUT2D eigenvalue weighted by atomic mass is 10.1. The van der Waals surface area contributed by atoms with Crippen LogP contribution in [0.4, 0.5) is 4.39 Å². The first-order valence-electron chi connectivity index (χ1n) is 6.16. The van der Waals surface area contributed by atoms with E-state index in [0.717, 1.165) is 6.07 Å². The van der Waals surface area contributed by atoms with Crippen LogP contribution in [-0.2, 0) is 10.0 Å². The van der Waals surface area contributed by atoms with Crippen molar-refractivity contribution in [2.45, 2.75) is 24.3 Å². The van der Waals surface area contributed by atoms with E-state index in [2.05, 4.69) is 4.72 Å². The molecule has 114 valence electrons. The van der Waals surface area contributed by atoms with Gasteiger partial charge in [0.1, 0.15) is 5.82 Å². The number of likely N-dealkylation sites (N-methyl/N-ethyl adjacent to an activating group) is 1. The molecule has 2 N–H and O–H groups in total. The summed E-state index contributed by atoms with van der Waals surface area (Å²) in [5.41, 5.74) is -0.760. The predicted molar refractivity (Wildman–Crippen MR) is 75.5 cm³/mol. The molecule has 0 heterocycles. The van der Waals surface area contributed by atoms with E-state index in [-0.39, 0.29) is 11.4 Å². The molecule has 0 aliphatic rings. The van der Waals surface area contributed by atoms with Gasteiger partial charge in [0.05, 0.1) is 10.5 Å². The van der Waals surface area contributed by atoms with Crippen molar-refractivity contribution in [1.29, 1.82) is 0 Å². The Hall–Kier alpha value is -1.02. The molecule has 1 aromatic rings. The minimum Gasteiger partial charge on any atom is -0.387 e. The molecule has 0 spiro atoms. The third kappa shape index (κ3) is 4.82. The predicted octanol–water partition coefficient (Wildman–Crippen LogP) is 0.725. The lowest BCUT2D eigenvalue weighted by Gasteiger charge is -2.27. The Morgan fingerprint density at radius 2 is 2.00 bits per heavy atom. The summed E-state index contributed by atoms with van der Waals surface area (Å²) >= 11 is 0. The molecule has 7 heteroatoms. The number of sulfonamides is 1. The third-order valence-electron chi connectivity index (χ3n) is 2.74. The Labute approximate surface area is 119 Å². The monoisotopic (exact) mass is 304 g/mol. The Morgan fingerprint density at radius 1 is 1.40 bits per heavy atom. The number of halogens is 1. The van der Waals surface area contributed by atoms with Crippen LogP contribution in [0, 0.1) is 12.7 Å². The van der Waals surface area contributed by atoms with Crippen molar-refractivity contribution in [1.82, 2.24) is 9.62 Å². The average molecular weight is 304 g/mol. The van der Waals surface area contributed by atoms with E-state index in [4.69, 9.17) is 0 Å². The molecule has 0 aliphatic heterocycles. The van der Waals surface area contributed by atoms with Gasteiger partial charge in [-0.2, -0.15) is 0 Å². The summed E-state index contributed by atoms with van der Waals surface area (Å²) in [7, 11) is -0.296. The SMILES string of the molecule is Cc1ccc(F)cc1S(=O)(=O)NCC(C)(O)CN(C)C. The van der Waals surface area contributed by atoms with Gasteiger partial charge in [-0.3, -0.25) is 0 Å². The Balaban J connectivity index is 2.88. The molecule has 0 radical (unpaired) electrons. The molecule has 0 amide bonds. The fourth-order valence-electron chi connectivity index (χ4n) is 1.93. The van der Waals surface area contributed by atoms with Gasteiger partial charge in [0.25, 0.3) is 0 Å². The van der Waals surface area contributed by atoms with Crippen molar-refractivity contribution >= 4 is 10.0 Å². The Bertz CT molecular complexity index is 571. The fourth-order valence-corrected chi connectivity index (χ4v) is 3.34. The standard InChI is InChI=1S/C13H21FN2O3S/c1-10-5-6-11(14)7-12(10)20(18,19)15-8-13(2,17)9-16(3)4/h5-7,15,17H,8-9H2,1-4H3. The van der Waals surface area contributed by atoms with Crippen molar-refractivity contribution in [2.24, 2.45) is 0 Å². The summed E-state index contributed by atoms with van der Waals surface area (Å²) in [5, 5.41) is 10.1. The lowest BCUT2D eigenvalue weighted by Crippen LogP contribution is -2.47. The highest BCUT2D eigenvalue weighted by atomic mass is 32.2. The van der Waals surface area contributed by atoms with Crippen LogP contribution in [0.3, 0.4) is 0 Å². The molecule has 0 saturated heterocycles. The van der Waals surface area contributed by atoms with Crippen LogP contribution in [0.5, 0.6) is 0 Å². The van der Waals surface area contributed by atoms with E-state index in [1.54, 1.807) is 25.9 Å². The normalized spacial score (nSPS) is 15.3.